The smallest absolute Gasteiger partial charge is 0.127 e. The highest BCUT2D eigenvalue weighted by Gasteiger charge is 2.32. The third kappa shape index (κ3) is 4.59. The molecule has 0 amide bonds. The van der Waals surface area contributed by atoms with Gasteiger partial charge in [-0.2, -0.15) is 0 Å². The molecule has 114 valence electrons. The molecule has 0 radical (unpaired) electrons. The van der Waals surface area contributed by atoms with E-state index in [-0.39, 0.29) is 11.2 Å². The molecule has 1 aromatic carbocycles. The summed E-state index contributed by atoms with van der Waals surface area (Å²) in [5.74, 6) is 0.567. The molecule has 0 aliphatic rings. The molecule has 1 aromatic rings. The fourth-order valence-electron chi connectivity index (χ4n) is 3.11. The molecule has 0 fully saturated rings. The summed E-state index contributed by atoms with van der Waals surface area (Å²) in [6, 6.07) is 7.31. The predicted molar refractivity (Wildman–Crippen MR) is 85.6 cm³/mol. The van der Waals surface area contributed by atoms with Crippen LogP contribution in [0.4, 0.5) is 4.39 Å². The molecule has 1 nitrogen and oxygen atoms in total. The van der Waals surface area contributed by atoms with E-state index in [1.165, 1.54) is 0 Å². The largest absolute Gasteiger partial charge is 0.316 e. The molecule has 0 bridgehead atoms. The number of halogens is 1. The molecule has 1 rings (SSSR count). The van der Waals surface area contributed by atoms with Crippen LogP contribution in [0, 0.1) is 11.7 Å². The van der Waals surface area contributed by atoms with Crippen molar-refractivity contribution in [2.75, 3.05) is 13.1 Å². The van der Waals surface area contributed by atoms with E-state index in [0.717, 1.165) is 44.3 Å². The van der Waals surface area contributed by atoms with Gasteiger partial charge in [-0.15, -0.1) is 0 Å². The molecule has 0 spiro atoms. The Morgan fingerprint density at radius 1 is 1.10 bits per heavy atom. The Kier molecular flexibility index (Phi) is 7.22. The second kappa shape index (κ2) is 8.41. The Bertz CT molecular complexity index is 381. The molecule has 0 saturated carbocycles. The quantitative estimate of drug-likeness (QED) is 0.677. The zero-order valence-electron chi connectivity index (χ0n) is 13.5. The Morgan fingerprint density at radius 3 is 2.20 bits per heavy atom. The van der Waals surface area contributed by atoms with Crippen molar-refractivity contribution in [2.24, 2.45) is 5.92 Å². The van der Waals surface area contributed by atoms with E-state index in [0.29, 0.717) is 5.92 Å². The van der Waals surface area contributed by atoms with Gasteiger partial charge in [-0.1, -0.05) is 58.7 Å². The fraction of sp³-hybridized carbons (Fsp3) is 0.667. The predicted octanol–water partition coefficient (Wildman–Crippen LogP) is 4.91. The third-order valence-corrected chi connectivity index (χ3v) is 3.92. The maximum Gasteiger partial charge on any atom is 0.127 e. The van der Waals surface area contributed by atoms with Crippen molar-refractivity contribution in [1.82, 2.24) is 5.32 Å². The van der Waals surface area contributed by atoms with Gasteiger partial charge >= 0.3 is 0 Å². The second-order valence-corrected chi connectivity index (χ2v) is 6.28. The van der Waals surface area contributed by atoms with Gasteiger partial charge in [0.1, 0.15) is 5.82 Å². The number of rotatable bonds is 9. The van der Waals surface area contributed by atoms with Crippen LogP contribution in [-0.2, 0) is 5.41 Å². The number of benzene rings is 1. The van der Waals surface area contributed by atoms with Crippen molar-refractivity contribution in [3.8, 4) is 0 Å². The van der Waals surface area contributed by atoms with E-state index >= 15 is 0 Å². The van der Waals surface area contributed by atoms with Gasteiger partial charge in [-0.3, -0.25) is 0 Å². The second-order valence-electron chi connectivity index (χ2n) is 6.28. The first kappa shape index (κ1) is 17.2. The molecule has 0 heterocycles. The standard InChI is InChI=1S/C18H30FN/c1-5-11-18(12-6-2,14-20-13-15(3)4)16-9-7-8-10-17(16)19/h7-10,15,20H,5-6,11-14H2,1-4H3. The summed E-state index contributed by atoms with van der Waals surface area (Å²) in [6.45, 7) is 10.6. The molecule has 0 unspecified atom stereocenters. The highest BCUT2D eigenvalue weighted by molar-refractivity contribution is 5.28. The lowest BCUT2D eigenvalue weighted by Crippen LogP contribution is -2.40. The van der Waals surface area contributed by atoms with Crippen LogP contribution in [0.3, 0.4) is 0 Å². The summed E-state index contributed by atoms with van der Waals surface area (Å²) in [7, 11) is 0. The summed E-state index contributed by atoms with van der Waals surface area (Å²) >= 11 is 0. The van der Waals surface area contributed by atoms with Gasteiger partial charge in [0, 0.05) is 12.0 Å². The van der Waals surface area contributed by atoms with Gasteiger partial charge in [-0.25, -0.2) is 4.39 Å². The van der Waals surface area contributed by atoms with Gasteiger partial charge in [0.15, 0.2) is 0 Å². The first-order chi connectivity index (χ1) is 9.55. The molecular formula is C18H30FN. The molecule has 1 N–H and O–H groups in total. The lowest BCUT2D eigenvalue weighted by Gasteiger charge is -2.35. The normalized spacial score (nSPS) is 12.1. The molecule has 20 heavy (non-hydrogen) atoms. The Morgan fingerprint density at radius 2 is 1.70 bits per heavy atom. The van der Waals surface area contributed by atoms with E-state index in [9.17, 15) is 4.39 Å². The lowest BCUT2D eigenvalue weighted by molar-refractivity contribution is 0.317. The van der Waals surface area contributed by atoms with E-state index in [1.54, 1.807) is 12.1 Å². The molecule has 0 aliphatic carbocycles. The van der Waals surface area contributed by atoms with Gasteiger partial charge in [-0.05, 0) is 36.9 Å². The first-order valence-corrected chi connectivity index (χ1v) is 8.01. The monoisotopic (exact) mass is 279 g/mol. The zero-order chi connectivity index (χ0) is 15.0. The van der Waals surface area contributed by atoms with Crippen molar-refractivity contribution in [3.63, 3.8) is 0 Å². The molecule has 0 aromatic heterocycles. The highest BCUT2D eigenvalue weighted by atomic mass is 19.1. The molecular weight excluding hydrogens is 249 g/mol. The van der Waals surface area contributed by atoms with E-state index in [4.69, 9.17) is 0 Å². The Balaban J connectivity index is 3.00. The lowest BCUT2D eigenvalue weighted by atomic mass is 9.73. The Hall–Kier alpha value is -0.890. The highest BCUT2D eigenvalue weighted by Crippen LogP contribution is 2.35. The summed E-state index contributed by atoms with van der Waals surface area (Å²) in [6.07, 6.45) is 4.23. The van der Waals surface area contributed by atoms with Gasteiger partial charge in [0.2, 0.25) is 0 Å². The minimum absolute atomic E-state index is 0.0549. The van der Waals surface area contributed by atoms with Crippen molar-refractivity contribution >= 4 is 0 Å². The van der Waals surface area contributed by atoms with E-state index in [1.807, 2.05) is 12.1 Å². The number of hydrogen-bond donors (Lipinski definition) is 1. The maximum atomic E-state index is 14.3. The van der Waals surface area contributed by atoms with Crippen LogP contribution in [0.5, 0.6) is 0 Å². The molecule has 2 heteroatoms. The van der Waals surface area contributed by atoms with Crippen molar-refractivity contribution in [2.45, 2.75) is 58.8 Å². The van der Waals surface area contributed by atoms with Gasteiger partial charge in [0.25, 0.3) is 0 Å². The van der Waals surface area contributed by atoms with Crippen LogP contribution in [0.25, 0.3) is 0 Å². The minimum atomic E-state index is -0.0657. The van der Waals surface area contributed by atoms with Crippen LogP contribution in [0.2, 0.25) is 0 Å². The van der Waals surface area contributed by atoms with Gasteiger partial charge < -0.3 is 5.32 Å². The molecule has 0 atom stereocenters. The summed E-state index contributed by atoms with van der Waals surface area (Å²) in [5, 5.41) is 3.55. The maximum absolute atomic E-state index is 14.3. The van der Waals surface area contributed by atoms with Crippen LogP contribution in [0.15, 0.2) is 24.3 Å². The van der Waals surface area contributed by atoms with Crippen LogP contribution in [0.1, 0.15) is 58.9 Å². The Labute approximate surface area is 124 Å². The van der Waals surface area contributed by atoms with Crippen LogP contribution in [-0.4, -0.2) is 13.1 Å². The number of hydrogen-bond acceptors (Lipinski definition) is 1. The molecule has 0 aliphatic heterocycles. The summed E-state index contributed by atoms with van der Waals surface area (Å²) < 4.78 is 14.3. The number of nitrogens with one attached hydrogen (secondary N) is 1. The average Bonchev–Trinajstić information content (AvgIpc) is 2.39. The van der Waals surface area contributed by atoms with Gasteiger partial charge in [0.05, 0.1) is 0 Å². The summed E-state index contributed by atoms with van der Waals surface area (Å²) in [4.78, 5) is 0. The van der Waals surface area contributed by atoms with Crippen LogP contribution >= 0.6 is 0 Å². The molecule has 0 saturated heterocycles. The van der Waals surface area contributed by atoms with E-state index < -0.39 is 0 Å². The fourth-order valence-corrected chi connectivity index (χ4v) is 3.11. The first-order valence-electron chi connectivity index (χ1n) is 8.01. The average molecular weight is 279 g/mol. The SMILES string of the molecule is CCCC(CCC)(CNCC(C)C)c1ccccc1F. The third-order valence-electron chi connectivity index (χ3n) is 3.92. The van der Waals surface area contributed by atoms with Crippen molar-refractivity contribution in [1.29, 1.82) is 0 Å². The summed E-state index contributed by atoms with van der Waals surface area (Å²) in [5.41, 5.74) is 0.823. The van der Waals surface area contributed by atoms with Crippen LogP contribution < -0.4 is 5.32 Å². The topological polar surface area (TPSA) is 12.0 Å². The minimum Gasteiger partial charge on any atom is -0.316 e. The van der Waals surface area contributed by atoms with Crippen molar-refractivity contribution in [3.05, 3.63) is 35.6 Å². The zero-order valence-corrected chi connectivity index (χ0v) is 13.5. The van der Waals surface area contributed by atoms with Crippen molar-refractivity contribution < 1.29 is 4.39 Å². The van der Waals surface area contributed by atoms with E-state index in [2.05, 4.69) is 33.0 Å².